The highest BCUT2D eigenvalue weighted by Gasteiger charge is 2.32. The Morgan fingerprint density at radius 1 is 1.50 bits per heavy atom. The minimum absolute atomic E-state index is 0.114. The van der Waals surface area contributed by atoms with Crippen LogP contribution in [0.4, 0.5) is 10.1 Å². The molecular weight excluding hydrogens is 263 g/mol. The van der Waals surface area contributed by atoms with Crippen molar-refractivity contribution in [3.63, 3.8) is 0 Å². The lowest BCUT2D eigenvalue weighted by molar-refractivity contribution is -0.0734. The number of hydrogen-bond donors (Lipinski definition) is 2. The number of hydrogen-bond acceptors (Lipinski definition) is 4. The van der Waals surface area contributed by atoms with E-state index in [0.29, 0.717) is 26.1 Å². The molecule has 0 radical (unpaired) electrons. The molecule has 0 unspecified atom stereocenters. The number of aliphatic hydroxyl groups is 1. The van der Waals surface area contributed by atoms with Crippen molar-refractivity contribution >= 4 is 11.6 Å². The van der Waals surface area contributed by atoms with E-state index in [1.807, 2.05) is 0 Å². The van der Waals surface area contributed by atoms with Crippen LogP contribution in [0, 0.1) is 5.82 Å². The first kappa shape index (κ1) is 14.7. The molecule has 1 amide bonds. The number of rotatable bonds is 3. The Morgan fingerprint density at radius 2 is 2.15 bits per heavy atom. The van der Waals surface area contributed by atoms with Crippen molar-refractivity contribution in [1.29, 1.82) is 0 Å². The molecule has 20 heavy (non-hydrogen) atoms. The molecule has 3 N–H and O–H groups in total. The first-order chi connectivity index (χ1) is 9.41. The fourth-order valence-electron chi connectivity index (χ4n) is 2.34. The van der Waals surface area contributed by atoms with Crippen LogP contribution in [0.1, 0.15) is 23.2 Å². The van der Waals surface area contributed by atoms with Gasteiger partial charge in [-0.2, -0.15) is 0 Å². The van der Waals surface area contributed by atoms with Crippen LogP contribution < -0.4 is 5.73 Å². The van der Waals surface area contributed by atoms with Crippen LogP contribution in [0.2, 0.25) is 0 Å². The van der Waals surface area contributed by atoms with Gasteiger partial charge in [-0.3, -0.25) is 4.79 Å². The summed E-state index contributed by atoms with van der Waals surface area (Å²) in [5, 5.41) is 10.4. The molecule has 0 saturated carbocycles. The Morgan fingerprint density at radius 3 is 2.80 bits per heavy atom. The van der Waals surface area contributed by atoms with Crippen molar-refractivity contribution in [3.8, 4) is 0 Å². The molecule has 110 valence electrons. The topological polar surface area (TPSA) is 75.8 Å². The minimum Gasteiger partial charge on any atom is -0.398 e. The van der Waals surface area contributed by atoms with Crippen molar-refractivity contribution in [2.45, 2.75) is 18.4 Å². The monoisotopic (exact) mass is 282 g/mol. The highest BCUT2D eigenvalue weighted by molar-refractivity contribution is 5.99. The standard InChI is InChI=1S/C14H19FN2O3/c1-17(9-14(19)4-6-20-7-5-14)13(18)11-8-10(15)2-3-12(11)16/h2-3,8,19H,4-7,9,16H2,1H3. The quantitative estimate of drug-likeness (QED) is 0.812. The smallest absolute Gasteiger partial charge is 0.255 e. The molecule has 0 aromatic heterocycles. The lowest BCUT2D eigenvalue weighted by atomic mass is 9.93. The van der Waals surface area contributed by atoms with Crippen molar-refractivity contribution in [2.75, 3.05) is 32.5 Å². The fourth-order valence-corrected chi connectivity index (χ4v) is 2.34. The number of carbonyl (C=O) groups excluding carboxylic acids is 1. The summed E-state index contributed by atoms with van der Waals surface area (Å²) in [6.07, 6.45) is 0.951. The van der Waals surface area contributed by atoms with Crippen LogP contribution in [0.25, 0.3) is 0 Å². The molecule has 1 saturated heterocycles. The Hall–Kier alpha value is -1.66. The van der Waals surface area contributed by atoms with Crippen LogP contribution in [-0.4, -0.2) is 48.3 Å². The third-order valence-corrected chi connectivity index (χ3v) is 3.55. The van der Waals surface area contributed by atoms with Gasteiger partial charge in [0.2, 0.25) is 0 Å². The molecule has 2 rings (SSSR count). The molecule has 0 spiro atoms. The number of nitrogen functional groups attached to an aromatic ring is 1. The zero-order valence-corrected chi connectivity index (χ0v) is 11.4. The number of ether oxygens (including phenoxy) is 1. The van der Waals surface area contributed by atoms with Crippen LogP contribution in [0.3, 0.4) is 0 Å². The summed E-state index contributed by atoms with van der Waals surface area (Å²) in [6, 6.07) is 3.68. The van der Waals surface area contributed by atoms with Crippen LogP contribution in [0.15, 0.2) is 18.2 Å². The predicted molar refractivity (Wildman–Crippen MR) is 72.8 cm³/mol. The number of halogens is 1. The van der Waals surface area contributed by atoms with E-state index in [9.17, 15) is 14.3 Å². The molecule has 1 heterocycles. The summed E-state index contributed by atoms with van der Waals surface area (Å²) in [6.45, 7) is 1.12. The average molecular weight is 282 g/mol. The molecule has 0 aliphatic carbocycles. The van der Waals surface area contributed by atoms with E-state index in [-0.39, 0.29) is 17.8 Å². The summed E-state index contributed by atoms with van der Waals surface area (Å²) in [4.78, 5) is 13.6. The Kier molecular flexibility index (Phi) is 4.25. The molecule has 1 aliphatic heterocycles. The first-order valence-electron chi connectivity index (χ1n) is 6.52. The number of carbonyl (C=O) groups is 1. The van der Waals surface area contributed by atoms with Gasteiger partial charge in [-0.15, -0.1) is 0 Å². The van der Waals surface area contributed by atoms with Crippen molar-refractivity contribution in [3.05, 3.63) is 29.6 Å². The van der Waals surface area contributed by atoms with Gasteiger partial charge in [-0.05, 0) is 18.2 Å². The molecule has 6 heteroatoms. The summed E-state index contributed by atoms with van der Waals surface area (Å²) in [5.74, 6) is -0.914. The fraction of sp³-hybridized carbons (Fsp3) is 0.500. The highest BCUT2D eigenvalue weighted by Crippen LogP contribution is 2.23. The van der Waals surface area contributed by atoms with Crippen molar-refractivity contribution < 1.29 is 19.0 Å². The van der Waals surface area contributed by atoms with Gasteiger partial charge in [-0.25, -0.2) is 4.39 Å². The number of anilines is 1. The maximum absolute atomic E-state index is 13.2. The Balaban J connectivity index is 2.10. The van der Waals surface area contributed by atoms with Crippen LogP contribution in [-0.2, 0) is 4.74 Å². The summed E-state index contributed by atoms with van der Waals surface area (Å²) in [5.41, 5.74) is 5.08. The zero-order valence-electron chi connectivity index (χ0n) is 11.4. The first-order valence-corrected chi connectivity index (χ1v) is 6.52. The predicted octanol–water partition coefficient (Wildman–Crippen LogP) is 1.02. The van der Waals surface area contributed by atoms with Crippen LogP contribution in [0.5, 0.6) is 0 Å². The average Bonchev–Trinajstić information content (AvgIpc) is 2.41. The van der Waals surface area contributed by atoms with E-state index < -0.39 is 17.3 Å². The SMILES string of the molecule is CN(CC1(O)CCOCC1)C(=O)c1cc(F)ccc1N. The normalized spacial score (nSPS) is 17.8. The number of nitrogens with two attached hydrogens (primary N) is 1. The van der Waals surface area contributed by atoms with E-state index in [4.69, 9.17) is 10.5 Å². The van der Waals surface area contributed by atoms with Gasteiger partial charge < -0.3 is 20.5 Å². The summed E-state index contributed by atoms with van der Waals surface area (Å²) in [7, 11) is 1.57. The molecule has 1 aromatic carbocycles. The number of benzene rings is 1. The molecule has 5 nitrogen and oxygen atoms in total. The number of likely N-dealkylation sites (N-methyl/N-ethyl adjacent to an activating group) is 1. The highest BCUT2D eigenvalue weighted by atomic mass is 19.1. The van der Waals surface area contributed by atoms with Crippen molar-refractivity contribution in [1.82, 2.24) is 4.90 Å². The Labute approximate surface area is 117 Å². The largest absolute Gasteiger partial charge is 0.398 e. The van der Waals surface area contributed by atoms with Gasteiger partial charge in [0, 0.05) is 45.3 Å². The molecule has 1 aliphatic rings. The lowest BCUT2D eigenvalue weighted by Gasteiger charge is -2.35. The van der Waals surface area contributed by atoms with Crippen molar-refractivity contribution in [2.24, 2.45) is 0 Å². The summed E-state index contributed by atoms with van der Waals surface area (Å²) >= 11 is 0. The Bertz CT molecular complexity index is 501. The molecule has 1 aromatic rings. The third-order valence-electron chi connectivity index (χ3n) is 3.55. The molecule has 0 atom stereocenters. The zero-order chi connectivity index (χ0) is 14.8. The lowest BCUT2D eigenvalue weighted by Crippen LogP contribution is -2.47. The molecule has 0 bridgehead atoms. The van der Waals surface area contributed by atoms with E-state index in [2.05, 4.69) is 0 Å². The minimum atomic E-state index is -0.954. The second-order valence-corrected chi connectivity index (χ2v) is 5.23. The number of nitrogens with zero attached hydrogens (tertiary/aromatic N) is 1. The summed E-state index contributed by atoms with van der Waals surface area (Å²) < 4.78 is 18.4. The maximum atomic E-state index is 13.2. The molecular formula is C14H19FN2O3. The van der Waals surface area contributed by atoms with E-state index in [1.54, 1.807) is 7.05 Å². The van der Waals surface area contributed by atoms with Gasteiger partial charge >= 0.3 is 0 Å². The third kappa shape index (κ3) is 3.26. The van der Waals surface area contributed by atoms with Gasteiger partial charge in [0.25, 0.3) is 5.91 Å². The van der Waals surface area contributed by atoms with Crippen LogP contribution >= 0.6 is 0 Å². The second kappa shape index (κ2) is 5.76. The van der Waals surface area contributed by atoms with Gasteiger partial charge in [0.05, 0.1) is 11.2 Å². The maximum Gasteiger partial charge on any atom is 0.255 e. The molecule has 1 fully saturated rings. The van der Waals surface area contributed by atoms with Gasteiger partial charge in [-0.1, -0.05) is 0 Å². The van der Waals surface area contributed by atoms with E-state index in [0.717, 1.165) is 6.07 Å². The second-order valence-electron chi connectivity index (χ2n) is 5.23. The number of amides is 1. The van der Waals surface area contributed by atoms with E-state index >= 15 is 0 Å². The van der Waals surface area contributed by atoms with E-state index in [1.165, 1.54) is 17.0 Å². The van der Waals surface area contributed by atoms with Gasteiger partial charge in [0.1, 0.15) is 5.82 Å². The van der Waals surface area contributed by atoms with Gasteiger partial charge in [0.15, 0.2) is 0 Å².